The van der Waals surface area contributed by atoms with Crippen LogP contribution in [0.4, 0.5) is 5.69 Å². The highest BCUT2D eigenvalue weighted by atomic mass is 32.2. The van der Waals surface area contributed by atoms with Crippen molar-refractivity contribution < 1.29 is 4.79 Å². The number of anilines is 1. The van der Waals surface area contributed by atoms with Crippen molar-refractivity contribution in [2.24, 2.45) is 0 Å². The van der Waals surface area contributed by atoms with Gasteiger partial charge in [-0.15, -0.1) is 10.2 Å². The monoisotopic (exact) mass is 315 g/mol. The highest BCUT2D eigenvalue weighted by molar-refractivity contribution is 8.01. The first kappa shape index (κ1) is 14.0. The molecule has 2 aromatic carbocycles. The number of nitrogens with one attached hydrogen (secondary N) is 1. The quantitative estimate of drug-likeness (QED) is 0.745. The van der Waals surface area contributed by atoms with Crippen molar-refractivity contribution in [2.45, 2.75) is 11.3 Å². The van der Waals surface area contributed by atoms with Crippen LogP contribution < -0.4 is 5.32 Å². The Morgan fingerprint density at radius 3 is 2.81 bits per heavy atom. The molecule has 1 N–H and O–H groups in total. The molecule has 106 valence electrons. The van der Waals surface area contributed by atoms with Crippen LogP contribution in [-0.4, -0.2) is 21.9 Å². The van der Waals surface area contributed by atoms with Crippen LogP contribution in [0.3, 0.4) is 0 Å². The van der Waals surface area contributed by atoms with E-state index in [2.05, 4.69) is 15.5 Å². The van der Waals surface area contributed by atoms with Crippen molar-refractivity contribution >= 4 is 45.5 Å². The number of carbonyl (C=O) groups is 1. The molecule has 0 atom stereocenters. The van der Waals surface area contributed by atoms with E-state index in [-0.39, 0.29) is 5.91 Å². The first-order chi connectivity index (χ1) is 10.2. The van der Waals surface area contributed by atoms with Gasteiger partial charge >= 0.3 is 0 Å². The minimum Gasteiger partial charge on any atom is -0.325 e. The number of rotatable bonds is 4. The van der Waals surface area contributed by atoms with Gasteiger partial charge in [-0.3, -0.25) is 4.79 Å². The molecule has 0 aliphatic rings. The van der Waals surface area contributed by atoms with Crippen LogP contribution in [0.25, 0.3) is 10.8 Å². The van der Waals surface area contributed by atoms with E-state index in [1.54, 1.807) is 0 Å². The lowest BCUT2D eigenvalue weighted by Gasteiger charge is -2.08. The molecule has 0 aliphatic carbocycles. The van der Waals surface area contributed by atoms with Crippen LogP contribution in [0.15, 0.2) is 46.8 Å². The minimum absolute atomic E-state index is 0.0378. The summed E-state index contributed by atoms with van der Waals surface area (Å²) in [6.07, 6.45) is 0. The van der Waals surface area contributed by atoms with Gasteiger partial charge in [0.15, 0.2) is 4.34 Å². The topological polar surface area (TPSA) is 54.9 Å². The van der Waals surface area contributed by atoms with Gasteiger partial charge in [0.05, 0.1) is 5.75 Å². The number of carbonyl (C=O) groups excluding carboxylic acids is 1. The van der Waals surface area contributed by atoms with E-state index in [9.17, 15) is 4.79 Å². The maximum absolute atomic E-state index is 12.1. The minimum atomic E-state index is -0.0378. The predicted molar refractivity (Wildman–Crippen MR) is 87.9 cm³/mol. The highest BCUT2D eigenvalue weighted by Gasteiger charge is 2.08. The third kappa shape index (κ3) is 3.40. The van der Waals surface area contributed by atoms with Crippen molar-refractivity contribution in [3.8, 4) is 0 Å². The van der Waals surface area contributed by atoms with Crippen LogP contribution >= 0.6 is 23.1 Å². The lowest BCUT2D eigenvalue weighted by Crippen LogP contribution is -2.14. The molecule has 0 saturated carbocycles. The fraction of sp³-hybridized carbons (Fsp3) is 0.133. The van der Waals surface area contributed by atoms with Gasteiger partial charge in [-0.05, 0) is 18.4 Å². The SMILES string of the molecule is Cc1nnc(SCC(=O)Nc2cccc3ccccc23)s1. The summed E-state index contributed by atoms with van der Waals surface area (Å²) in [5, 5.41) is 14.0. The van der Waals surface area contributed by atoms with Crippen molar-refractivity contribution in [3.63, 3.8) is 0 Å². The van der Waals surface area contributed by atoms with Crippen LogP contribution in [0, 0.1) is 6.92 Å². The second-order valence-electron chi connectivity index (χ2n) is 4.45. The van der Waals surface area contributed by atoms with Gasteiger partial charge in [-0.2, -0.15) is 0 Å². The molecule has 0 unspecified atom stereocenters. The van der Waals surface area contributed by atoms with Gasteiger partial charge in [0.2, 0.25) is 5.91 Å². The molecule has 0 radical (unpaired) electrons. The molecule has 0 saturated heterocycles. The largest absolute Gasteiger partial charge is 0.325 e. The van der Waals surface area contributed by atoms with Gasteiger partial charge in [0.1, 0.15) is 5.01 Å². The second kappa shape index (κ2) is 6.24. The zero-order chi connectivity index (χ0) is 14.7. The Balaban J connectivity index is 1.69. The molecule has 0 spiro atoms. The molecule has 0 fully saturated rings. The normalized spacial score (nSPS) is 10.7. The summed E-state index contributed by atoms with van der Waals surface area (Å²) in [6.45, 7) is 1.90. The smallest absolute Gasteiger partial charge is 0.234 e. The van der Waals surface area contributed by atoms with Crippen molar-refractivity contribution in [3.05, 3.63) is 47.5 Å². The van der Waals surface area contributed by atoms with E-state index in [1.165, 1.54) is 23.1 Å². The molecule has 21 heavy (non-hydrogen) atoms. The summed E-state index contributed by atoms with van der Waals surface area (Å²) in [6, 6.07) is 13.9. The Morgan fingerprint density at radius 1 is 1.19 bits per heavy atom. The zero-order valence-corrected chi connectivity index (χ0v) is 13.0. The third-order valence-electron chi connectivity index (χ3n) is 2.90. The van der Waals surface area contributed by atoms with Crippen LogP contribution in [0.2, 0.25) is 0 Å². The Morgan fingerprint density at radius 2 is 2.00 bits per heavy atom. The van der Waals surface area contributed by atoms with E-state index in [0.29, 0.717) is 5.75 Å². The molecule has 3 aromatic rings. The first-order valence-corrected chi connectivity index (χ1v) is 8.23. The summed E-state index contributed by atoms with van der Waals surface area (Å²) in [5.41, 5.74) is 0.840. The molecule has 1 heterocycles. The molecule has 0 bridgehead atoms. The van der Waals surface area contributed by atoms with E-state index < -0.39 is 0 Å². The molecule has 0 aliphatic heterocycles. The van der Waals surface area contributed by atoms with Crippen molar-refractivity contribution in [1.29, 1.82) is 0 Å². The van der Waals surface area contributed by atoms with E-state index in [1.807, 2.05) is 49.4 Å². The number of thioether (sulfide) groups is 1. The average molecular weight is 315 g/mol. The number of amides is 1. The van der Waals surface area contributed by atoms with E-state index in [0.717, 1.165) is 25.8 Å². The Kier molecular flexibility index (Phi) is 4.17. The van der Waals surface area contributed by atoms with Crippen molar-refractivity contribution in [1.82, 2.24) is 10.2 Å². The Bertz CT molecular complexity index is 780. The fourth-order valence-corrected chi connectivity index (χ4v) is 3.60. The summed E-state index contributed by atoms with van der Waals surface area (Å²) in [7, 11) is 0. The molecular weight excluding hydrogens is 302 g/mol. The lowest BCUT2D eigenvalue weighted by atomic mass is 10.1. The van der Waals surface area contributed by atoms with E-state index >= 15 is 0 Å². The maximum atomic E-state index is 12.1. The molecular formula is C15H13N3OS2. The summed E-state index contributed by atoms with van der Waals surface area (Å²) < 4.78 is 0.820. The number of nitrogens with zero attached hydrogens (tertiary/aromatic N) is 2. The van der Waals surface area contributed by atoms with Crippen LogP contribution in [0.1, 0.15) is 5.01 Å². The van der Waals surface area contributed by atoms with Gasteiger partial charge in [0, 0.05) is 11.1 Å². The molecule has 3 rings (SSSR count). The molecule has 6 heteroatoms. The van der Waals surface area contributed by atoms with Gasteiger partial charge < -0.3 is 5.32 Å². The number of hydrogen-bond donors (Lipinski definition) is 1. The fourth-order valence-electron chi connectivity index (χ4n) is 1.98. The van der Waals surface area contributed by atoms with Crippen LogP contribution in [0.5, 0.6) is 0 Å². The van der Waals surface area contributed by atoms with Gasteiger partial charge in [0.25, 0.3) is 0 Å². The standard InChI is InChI=1S/C15H13N3OS2/c1-10-17-18-15(21-10)20-9-14(19)16-13-8-4-6-11-5-2-3-7-12(11)13/h2-8H,9H2,1H3,(H,16,19). The summed E-state index contributed by atoms with van der Waals surface area (Å²) in [5.74, 6) is 0.293. The van der Waals surface area contributed by atoms with Crippen molar-refractivity contribution in [2.75, 3.05) is 11.1 Å². The number of hydrogen-bond acceptors (Lipinski definition) is 5. The molecule has 1 aromatic heterocycles. The van der Waals surface area contributed by atoms with Gasteiger partial charge in [-0.25, -0.2) is 0 Å². The maximum Gasteiger partial charge on any atom is 0.234 e. The van der Waals surface area contributed by atoms with E-state index in [4.69, 9.17) is 0 Å². The zero-order valence-electron chi connectivity index (χ0n) is 11.4. The summed E-state index contributed by atoms with van der Waals surface area (Å²) >= 11 is 2.91. The number of fused-ring (bicyclic) bond motifs is 1. The average Bonchev–Trinajstić information content (AvgIpc) is 2.91. The highest BCUT2D eigenvalue weighted by Crippen LogP contribution is 2.25. The molecule has 4 nitrogen and oxygen atoms in total. The van der Waals surface area contributed by atoms with Gasteiger partial charge in [-0.1, -0.05) is 59.5 Å². The number of benzene rings is 2. The predicted octanol–water partition coefficient (Wildman–Crippen LogP) is 3.73. The summed E-state index contributed by atoms with van der Waals surface area (Å²) in [4.78, 5) is 12.1. The third-order valence-corrected chi connectivity index (χ3v) is 4.87. The number of aromatic nitrogens is 2. The first-order valence-electron chi connectivity index (χ1n) is 6.43. The second-order valence-corrected chi connectivity index (χ2v) is 6.85. The number of aryl methyl sites for hydroxylation is 1. The Labute approximate surface area is 130 Å². The van der Waals surface area contributed by atoms with Crippen LogP contribution in [-0.2, 0) is 4.79 Å². The lowest BCUT2D eigenvalue weighted by molar-refractivity contribution is -0.113. The Hall–Kier alpha value is -1.92. The molecule has 1 amide bonds.